The van der Waals surface area contributed by atoms with E-state index in [9.17, 15) is 9.90 Å². The van der Waals surface area contributed by atoms with E-state index in [1.807, 2.05) is 6.92 Å². The van der Waals surface area contributed by atoms with Crippen molar-refractivity contribution in [2.45, 2.75) is 53.2 Å². The van der Waals surface area contributed by atoms with Crippen molar-refractivity contribution in [2.24, 2.45) is 11.3 Å². The highest BCUT2D eigenvalue weighted by Gasteiger charge is 2.33. The summed E-state index contributed by atoms with van der Waals surface area (Å²) in [6.45, 7) is 12.6. The second kappa shape index (κ2) is 7.27. The highest BCUT2D eigenvalue weighted by Crippen LogP contribution is 2.22. The maximum atomic E-state index is 11.9. The Hall–Kier alpha value is -0.810. The maximum Gasteiger partial charge on any atom is 0.409 e. The summed E-state index contributed by atoms with van der Waals surface area (Å²) in [4.78, 5) is 13.6. The van der Waals surface area contributed by atoms with E-state index in [-0.39, 0.29) is 23.5 Å². The smallest absolute Gasteiger partial charge is 0.409 e. The summed E-state index contributed by atoms with van der Waals surface area (Å²) in [5.74, 6) is 0.102. The van der Waals surface area contributed by atoms with Crippen LogP contribution in [0.5, 0.6) is 0 Å². The van der Waals surface area contributed by atoms with Crippen molar-refractivity contribution in [3.8, 4) is 0 Å². The molecule has 0 aromatic carbocycles. The van der Waals surface area contributed by atoms with E-state index < -0.39 is 6.10 Å². The molecule has 0 radical (unpaired) electrons. The number of hydrogen-bond acceptors (Lipinski definition) is 4. The Morgan fingerprint density at radius 1 is 1.45 bits per heavy atom. The standard InChI is InChI=1S/C15H30N2O3/c1-6-20-14(19)17-8-12(11(2)18)7-13(9-17)16-10-15(3,4)5/h11-13,16,18H,6-10H2,1-5H3. The molecule has 0 aliphatic carbocycles. The third-order valence-electron chi connectivity index (χ3n) is 3.61. The molecular formula is C15H30N2O3. The molecule has 0 aromatic heterocycles. The second-order valence-electron chi connectivity index (χ2n) is 6.98. The quantitative estimate of drug-likeness (QED) is 0.828. The fraction of sp³-hybridized carbons (Fsp3) is 0.933. The molecule has 118 valence electrons. The first-order chi connectivity index (χ1) is 9.23. The number of piperidine rings is 1. The molecule has 1 aliphatic heterocycles. The molecule has 0 aromatic rings. The molecule has 5 heteroatoms. The minimum atomic E-state index is -0.411. The molecule has 1 amide bonds. The number of hydrogen-bond donors (Lipinski definition) is 2. The number of carbonyl (C=O) groups is 1. The molecule has 3 unspecified atom stereocenters. The summed E-state index contributed by atoms with van der Waals surface area (Å²) in [7, 11) is 0. The van der Waals surface area contributed by atoms with Crippen molar-refractivity contribution in [2.75, 3.05) is 26.2 Å². The van der Waals surface area contributed by atoms with Crippen LogP contribution in [0.15, 0.2) is 0 Å². The van der Waals surface area contributed by atoms with Crippen LogP contribution >= 0.6 is 0 Å². The van der Waals surface area contributed by atoms with Gasteiger partial charge in [0.2, 0.25) is 0 Å². The number of nitrogens with one attached hydrogen (secondary N) is 1. The van der Waals surface area contributed by atoms with Gasteiger partial charge in [0.05, 0.1) is 12.7 Å². The zero-order valence-corrected chi connectivity index (χ0v) is 13.5. The number of aliphatic hydroxyl groups is 1. The van der Waals surface area contributed by atoms with Gasteiger partial charge in [-0.3, -0.25) is 0 Å². The molecule has 3 atom stereocenters. The molecule has 1 aliphatic rings. The lowest BCUT2D eigenvalue weighted by molar-refractivity contribution is 0.0367. The van der Waals surface area contributed by atoms with E-state index in [1.54, 1.807) is 11.8 Å². The lowest BCUT2D eigenvalue weighted by Gasteiger charge is -2.39. The summed E-state index contributed by atoms with van der Waals surface area (Å²) in [5.41, 5.74) is 0.201. The first-order valence-corrected chi connectivity index (χ1v) is 7.56. The molecule has 20 heavy (non-hydrogen) atoms. The molecule has 5 nitrogen and oxygen atoms in total. The van der Waals surface area contributed by atoms with Gasteiger partial charge in [-0.25, -0.2) is 4.79 Å². The summed E-state index contributed by atoms with van der Waals surface area (Å²) in [5, 5.41) is 13.4. The van der Waals surface area contributed by atoms with E-state index in [4.69, 9.17) is 4.74 Å². The summed E-state index contributed by atoms with van der Waals surface area (Å²) < 4.78 is 5.08. The number of nitrogens with zero attached hydrogens (tertiary/aromatic N) is 1. The first kappa shape index (κ1) is 17.2. The average Bonchev–Trinajstić information content (AvgIpc) is 2.35. The molecule has 0 saturated carbocycles. The van der Waals surface area contributed by atoms with Gasteiger partial charge in [0.25, 0.3) is 0 Å². The monoisotopic (exact) mass is 286 g/mol. The predicted octanol–water partition coefficient (Wildman–Crippen LogP) is 1.85. The predicted molar refractivity (Wildman–Crippen MR) is 79.6 cm³/mol. The van der Waals surface area contributed by atoms with Gasteiger partial charge >= 0.3 is 6.09 Å². The van der Waals surface area contributed by atoms with Crippen LogP contribution in [0.2, 0.25) is 0 Å². The average molecular weight is 286 g/mol. The lowest BCUT2D eigenvalue weighted by atomic mass is 9.89. The highest BCUT2D eigenvalue weighted by atomic mass is 16.6. The third-order valence-corrected chi connectivity index (χ3v) is 3.61. The molecule has 1 saturated heterocycles. The Morgan fingerprint density at radius 2 is 2.10 bits per heavy atom. The van der Waals surface area contributed by atoms with Crippen LogP contribution < -0.4 is 5.32 Å². The van der Waals surface area contributed by atoms with Gasteiger partial charge in [0, 0.05) is 31.6 Å². The van der Waals surface area contributed by atoms with Gasteiger partial charge in [-0.2, -0.15) is 0 Å². The number of ether oxygens (including phenoxy) is 1. The number of rotatable bonds is 4. The Labute approximate surface area is 122 Å². The molecule has 1 heterocycles. The second-order valence-corrected chi connectivity index (χ2v) is 6.98. The van der Waals surface area contributed by atoms with Gasteiger partial charge in [-0.15, -0.1) is 0 Å². The fourth-order valence-corrected chi connectivity index (χ4v) is 2.45. The van der Waals surface area contributed by atoms with Crippen LogP contribution in [0.3, 0.4) is 0 Å². The molecule has 0 bridgehead atoms. The summed E-state index contributed by atoms with van der Waals surface area (Å²) in [6.07, 6.45) is 0.204. The number of amides is 1. The van der Waals surface area contributed by atoms with Crippen molar-refractivity contribution in [3.05, 3.63) is 0 Å². The van der Waals surface area contributed by atoms with E-state index in [0.29, 0.717) is 19.7 Å². The SMILES string of the molecule is CCOC(=O)N1CC(NCC(C)(C)C)CC(C(C)O)C1. The molecule has 0 spiro atoms. The third kappa shape index (κ3) is 5.67. The van der Waals surface area contributed by atoms with Crippen molar-refractivity contribution in [1.82, 2.24) is 10.2 Å². The molecule has 1 fully saturated rings. The summed E-state index contributed by atoms with van der Waals surface area (Å²) >= 11 is 0. The number of aliphatic hydroxyl groups excluding tert-OH is 1. The van der Waals surface area contributed by atoms with Gasteiger partial charge in [-0.1, -0.05) is 20.8 Å². The fourth-order valence-electron chi connectivity index (χ4n) is 2.45. The molecular weight excluding hydrogens is 256 g/mol. The van der Waals surface area contributed by atoms with E-state index in [2.05, 4.69) is 26.1 Å². The molecule has 1 rings (SSSR count). The van der Waals surface area contributed by atoms with Gasteiger partial charge in [-0.05, 0) is 25.7 Å². The highest BCUT2D eigenvalue weighted by molar-refractivity contribution is 5.67. The van der Waals surface area contributed by atoms with Crippen molar-refractivity contribution >= 4 is 6.09 Å². The van der Waals surface area contributed by atoms with E-state index >= 15 is 0 Å². The van der Waals surface area contributed by atoms with Gasteiger partial charge in [0.1, 0.15) is 0 Å². The minimum absolute atomic E-state index is 0.102. The Balaban J connectivity index is 2.63. The van der Waals surface area contributed by atoms with Crippen molar-refractivity contribution in [1.29, 1.82) is 0 Å². The zero-order chi connectivity index (χ0) is 15.3. The normalized spacial score (nSPS) is 25.4. The van der Waals surface area contributed by atoms with E-state index in [1.165, 1.54) is 0 Å². The Morgan fingerprint density at radius 3 is 2.60 bits per heavy atom. The Bertz CT molecular complexity index is 313. The van der Waals surface area contributed by atoms with E-state index in [0.717, 1.165) is 13.0 Å². The van der Waals surface area contributed by atoms with Crippen LogP contribution in [0.25, 0.3) is 0 Å². The topological polar surface area (TPSA) is 61.8 Å². The van der Waals surface area contributed by atoms with Gasteiger partial charge in [0.15, 0.2) is 0 Å². The lowest BCUT2D eigenvalue weighted by Crippen LogP contribution is -2.54. The van der Waals surface area contributed by atoms with Crippen LogP contribution in [-0.2, 0) is 4.74 Å². The largest absolute Gasteiger partial charge is 0.450 e. The number of carbonyl (C=O) groups excluding carboxylic acids is 1. The Kier molecular flexibility index (Phi) is 6.27. The van der Waals surface area contributed by atoms with Gasteiger partial charge < -0.3 is 20.1 Å². The maximum absolute atomic E-state index is 11.9. The minimum Gasteiger partial charge on any atom is -0.450 e. The number of likely N-dealkylation sites (tertiary alicyclic amines) is 1. The molecule has 2 N–H and O–H groups in total. The summed E-state index contributed by atoms with van der Waals surface area (Å²) in [6, 6.07) is 0.215. The zero-order valence-electron chi connectivity index (χ0n) is 13.5. The van der Waals surface area contributed by atoms with Crippen LogP contribution in [0.1, 0.15) is 41.0 Å². The first-order valence-electron chi connectivity index (χ1n) is 7.56. The van der Waals surface area contributed by atoms with Crippen LogP contribution in [0.4, 0.5) is 4.79 Å². The van der Waals surface area contributed by atoms with Crippen molar-refractivity contribution in [3.63, 3.8) is 0 Å². The van der Waals surface area contributed by atoms with Crippen LogP contribution in [0, 0.1) is 11.3 Å². The van der Waals surface area contributed by atoms with Crippen LogP contribution in [-0.4, -0.2) is 54.5 Å². The van der Waals surface area contributed by atoms with Crippen molar-refractivity contribution < 1.29 is 14.6 Å².